The summed E-state index contributed by atoms with van der Waals surface area (Å²) in [4.78, 5) is 23.7. The zero-order chi connectivity index (χ0) is 18.6. The molecule has 2 aromatic heterocycles. The maximum atomic E-state index is 12.7. The number of nitrogens with zero attached hydrogens (tertiary/aromatic N) is 4. The van der Waals surface area contributed by atoms with Gasteiger partial charge in [-0.25, -0.2) is 9.97 Å². The highest BCUT2D eigenvalue weighted by atomic mass is 16.5. The van der Waals surface area contributed by atoms with E-state index in [4.69, 9.17) is 9.72 Å². The molecule has 3 heterocycles. The Kier molecular flexibility index (Phi) is 4.87. The van der Waals surface area contributed by atoms with Crippen LogP contribution in [0.2, 0.25) is 0 Å². The lowest BCUT2D eigenvalue weighted by molar-refractivity contribution is -0.134. The third kappa shape index (κ3) is 3.69. The highest BCUT2D eigenvalue weighted by Gasteiger charge is 2.31. The largest absolute Gasteiger partial charge is 0.484 e. The summed E-state index contributed by atoms with van der Waals surface area (Å²) in [5, 5.41) is 0. The van der Waals surface area contributed by atoms with E-state index in [1.165, 1.54) is 0 Å². The van der Waals surface area contributed by atoms with Crippen LogP contribution in [0.15, 0.2) is 60.9 Å². The van der Waals surface area contributed by atoms with Gasteiger partial charge in [-0.3, -0.25) is 9.36 Å². The molecule has 0 N–H and O–H groups in total. The fourth-order valence-electron chi connectivity index (χ4n) is 3.50. The lowest BCUT2D eigenvalue weighted by atomic mass is 10.1. The maximum absolute atomic E-state index is 12.7. The molecule has 1 aliphatic rings. The molecule has 27 heavy (non-hydrogen) atoms. The van der Waals surface area contributed by atoms with E-state index >= 15 is 0 Å². The molecule has 6 heteroatoms. The lowest BCUT2D eigenvalue weighted by Crippen LogP contribution is -2.34. The van der Waals surface area contributed by atoms with Crippen LogP contribution >= 0.6 is 0 Å². The van der Waals surface area contributed by atoms with Gasteiger partial charge in [0.05, 0.1) is 11.7 Å². The van der Waals surface area contributed by atoms with E-state index in [1.807, 2.05) is 71.1 Å². The molecule has 1 fully saturated rings. The van der Waals surface area contributed by atoms with Gasteiger partial charge in [-0.2, -0.15) is 0 Å². The lowest BCUT2D eigenvalue weighted by Gasteiger charge is -2.24. The van der Waals surface area contributed by atoms with Gasteiger partial charge < -0.3 is 9.64 Å². The Morgan fingerprint density at radius 3 is 2.81 bits per heavy atom. The first-order chi connectivity index (χ1) is 13.2. The standard InChI is InChI=1S/C21H22N4O2/c1-16-22-12-14-24(16)20-11-5-9-18(23-20)19-10-6-13-25(19)21(26)15-27-17-7-3-2-4-8-17/h2-5,7-9,11-12,14,19H,6,10,13,15H2,1H3/t19-/m1/s1. The number of benzene rings is 1. The molecule has 3 aromatic rings. The van der Waals surface area contributed by atoms with Crippen LogP contribution in [0.1, 0.15) is 30.4 Å². The second kappa shape index (κ2) is 7.61. The second-order valence-electron chi connectivity index (χ2n) is 6.61. The molecule has 0 radical (unpaired) electrons. The van der Waals surface area contributed by atoms with Gasteiger partial charge in [-0.15, -0.1) is 0 Å². The van der Waals surface area contributed by atoms with Gasteiger partial charge in [0.15, 0.2) is 6.61 Å². The number of aryl methyl sites for hydroxylation is 1. The Hall–Kier alpha value is -3.15. The van der Waals surface area contributed by atoms with E-state index in [0.717, 1.165) is 36.7 Å². The number of hydrogen-bond acceptors (Lipinski definition) is 4. The smallest absolute Gasteiger partial charge is 0.261 e. The Balaban J connectivity index is 1.50. The van der Waals surface area contributed by atoms with Crippen molar-refractivity contribution in [3.05, 3.63) is 72.4 Å². The summed E-state index contributed by atoms with van der Waals surface area (Å²) in [6.07, 6.45) is 5.54. The molecule has 0 unspecified atom stereocenters. The number of imidazole rings is 1. The van der Waals surface area contributed by atoms with Crippen LogP contribution in [0.5, 0.6) is 5.75 Å². The monoisotopic (exact) mass is 362 g/mol. The number of ether oxygens (including phenoxy) is 1. The number of aromatic nitrogens is 3. The zero-order valence-corrected chi connectivity index (χ0v) is 15.3. The topological polar surface area (TPSA) is 60.2 Å². The molecule has 6 nitrogen and oxygen atoms in total. The maximum Gasteiger partial charge on any atom is 0.261 e. The van der Waals surface area contributed by atoms with Crippen molar-refractivity contribution in [2.75, 3.05) is 13.2 Å². The van der Waals surface area contributed by atoms with Crippen molar-refractivity contribution in [3.63, 3.8) is 0 Å². The van der Waals surface area contributed by atoms with Crippen molar-refractivity contribution >= 4 is 5.91 Å². The van der Waals surface area contributed by atoms with Gasteiger partial charge >= 0.3 is 0 Å². The van der Waals surface area contributed by atoms with E-state index in [2.05, 4.69) is 4.98 Å². The first-order valence-electron chi connectivity index (χ1n) is 9.17. The highest BCUT2D eigenvalue weighted by molar-refractivity contribution is 5.78. The van der Waals surface area contributed by atoms with Crippen molar-refractivity contribution in [1.82, 2.24) is 19.4 Å². The quantitative estimate of drug-likeness (QED) is 0.699. The number of likely N-dealkylation sites (tertiary alicyclic amines) is 1. The van der Waals surface area contributed by atoms with Gasteiger partial charge in [-0.05, 0) is 44.0 Å². The molecule has 1 aromatic carbocycles. The summed E-state index contributed by atoms with van der Waals surface area (Å²) in [5.41, 5.74) is 0.908. The number of carbonyl (C=O) groups excluding carboxylic acids is 1. The summed E-state index contributed by atoms with van der Waals surface area (Å²) in [6.45, 7) is 2.72. The van der Waals surface area contributed by atoms with E-state index in [1.54, 1.807) is 6.20 Å². The molecule has 1 atom stereocenters. The van der Waals surface area contributed by atoms with Crippen molar-refractivity contribution in [2.45, 2.75) is 25.8 Å². The van der Waals surface area contributed by atoms with E-state index in [9.17, 15) is 4.79 Å². The van der Waals surface area contributed by atoms with Gasteiger partial charge in [0, 0.05) is 18.9 Å². The van der Waals surface area contributed by atoms with Crippen LogP contribution in [0.3, 0.4) is 0 Å². The summed E-state index contributed by atoms with van der Waals surface area (Å²) in [5.74, 6) is 2.40. The van der Waals surface area contributed by atoms with Crippen LogP contribution in [0.4, 0.5) is 0 Å². The molecule has 1 amide bonds. The Morgan fingerprint density at radius 1 is 1.19 bits per heavy atom. The van der Waals surface area contributed by atoms with Gasteiger partial charge in [0.1, 0.15) is 17.4 Å². The number of hydrogen-bond donors (Lipinski definition) is 0. The van der Waals surface area contributed by atoms with Gasteiger partial charge in [0.2, 0.25) is 0 Å². The fraction of sp³-hybridized carbons (Fsp3) is 0.286. The number of para-hydroxylation sites is 1. The minimum Gasteiger partial charge on any atom is -0.484 e. The van der Waals surface area contributed by atoms with Crippen LogP contribution < -0.4 is 4.74 Å². The molecule has 0 aliphatic carbocycles. The minimum atomic E-state index is -0.0133. The molecule has 1 saturated heterocycles. The SMILES string of the molecule is Cc1nccn1-c1cccc([C@H]2CCCN2C(=O)COc2ccccc2)n1. The molecule has 1 aliphatic heterocycles. The van der Waals surface area contributed by atoms with E-state index < -0.39 is 0 Å². The van der Waals surface area contributed by atoms with Crippen molar-refractivity contribution in [3.8, 4) is 11.6 Å². The van der Waals surface area contributed by atoms with E-state index in [0.29, 0.717) is 5.75 Å². The first kappa shape index (κ1) is 17.3. The third-order valence-electron chi connectivity index (χ3n) is 4.85. The number of rotatable bonds is 5. The predicted molar refractivity (Wildman–Crippen MR) is 102 cm³/mol. The molecule has 0 spiro atoms. The molecule has 0 bridgehead atoms. The molecule has 138 valence electrons. The van der Waals surface area contributed by atoms with Gasteiger partial charge in [-0.1, -0.05) is 24.3 Å². The predicted octanol–water partition coefficient (Wildman–Crippen LogP) is 3.32. The van der Waals surface area contributed by atoms with E-state index in [-0.39, 0.29) is 18.6 Å². The average molecular weight is 362 g/mol. The summed E-state index contributed by atoms with van der Waals surface area (Å²) >= 11 is 0. The Labute approximate surface area is 158 Å². The fourth-order valence-corrected chi connectivity index (χ4v) is 3.50. The Morgan fingerprint density at radius 2 is 2.04 bits per heavy atom. The number of amides is 1. The average Bonchev–Trinajstić information content (AvgIpc) is 3.36. The molecular weight excluding hydrogens is 340 g/mol. The third-order valence-corrected chi connectivity index (χ3v) is 4.85. The van der Waals surface area contributed by atoms with Crippen LogP contribution in [0, 0.1) is 6.92 Å². The minimum absolute atomic E-state index is 0.00707. The highest BCUT2D eigenvalue weighted by Crippen LogP contribution is 2.31. The van der Waals surface area contributed by atoms with Gasteiger partial charge in [0.25, 0.3) is 5.91 Å². The molecule has 4 rings (SSSR count). The zero-order valence-electron chi connectivity index (χ0n) is 15.3. The van der Waals surface area contributed by atoms with Crippen molar-refractivity contribution < 1.29 is 9.53 Å². The van der Waals surface area contributed by atoms with Crippen LogP contribution in [-0.2, 0) is 4.79 Å². The van der Waals surface area contributed by atoms with Crippen molar-refractivity contribution in [1.29, 1.82) is 0 Å². The van der Waals surface area contributed by atoms with Crippen LogP contribution in [0.25, 0.3) is 5.82 Å². The first-order valence-corrected chi connectivity index (χ1v) is 9.17. The Bertz CT molecular complexity index is 923. The summed E-state index contributed by atoms with van der Waals surface area (Å²) < 4.78 is 7.59. The van der Waals surface area contributed by atoms with Crippen LogP contribution in [-0.4, -0.2) is 38.5 Å². The molecular formula is C21H22N4O2. The van der Waals surface area contributed by atoms with Crippen molar-refractivity contribution in [2.24, 2.45) is 0 Å². The summed E-state index contributed by atoms with van der Waals surface area (Å²) in [7, 11) is 0. The number of carbonyl (C=O) groups is 1. The normalized spacial score (nSPS) is 16.5. The summed E-state index contributed by atoms with van der Waals surface area (Å²) in [6, 6.07) is 15.3. The number of pyridine rings is 1. The second-order valence-corrected chi connectivity index (χ2v) is 6.61. The molecule has 0 saturated carbocycles.